The molecular formula is C35H28N6. The molecule has 0 amide bonds. The minimum absolute atomic E-state index is 0.890. The van der Waals surface area contributed by atoms with Crippen molar-refractivity contribution >= 4 is 54.9 Å². The van der Waals surface area contributed by atoms with Crippen molar-refractivity contribution in [1.29, 1.82) is 0 Å². The molecule has 0 fully saturated rings. The molecule has 0 aliphatic carbocycles. The van der Waals surface area contributed by atoms with Crippen molar-refractivity contribution in [2.24, 2.45) is 0 Å². The van der Waals surface area contributed by atoms with Gasteiger partial charge in [-0.25, -0.2) is 0 Å². The van der Waals surface area contributed by atoms with Gasteiger partial charge in [-0.2, -0.15) is 0 Å². The summed E-state index contributed by atoms with van der Waals surface area (Å²) in [7, 11) is 0. The third kappa shape index (κ3) is 3.87. The second kappa shape index (κ2) is 9.68. The predicted octanol–water partition coefficient (Wildman–Crippen LogP) is 8.30. The second-order valence-electron chi connectivity index (χ2n) is 10.3. The molecule has 0 saturated heterocycles. The van der Waals surface area contributed by atoms with E-state index in [2.05, 4.69) is 98.9 Å². The average Bonchev–Trinajstić information content (AvgIpc) is 3.51. The van der Waals surface area contributed by atoms with Gasteiger partial charge < -0.3 is 9.13 Å². The van der Waals surface area contributed by atoms with Gasteiger partial charge in [0, 0.05) is 82.5 Å². The number of pyridine rings is 4. The van der Waals surface area contributed by atoms with Crippen molar-refractivity contribution in [3.8, 4) is 5.69 Å². The molecule has 198 valence electrons. The van der Waals surface area contributed by atoms with Gasteiger partial charge in [0.15, 0.2) is 0 Å². The van der Waals surface area contributed by atoms with Gasteiger partial charge >= 0.3 is 0 Å². The molecule has 7 aromatic rings. The number of nitrogens with zero attached hydrogens (tertiary/aromatic N) is 6. The first-order valence-electron chi connectivity index (χ1n) is 13.6. The molecule has 6 heteroatoms. The molecule has 7 rings (SSSR count). The summed E-state index contributed by atoms with van der Waals surface area (Å²) in [4.78, 5) is 17.4. The lowest BCUT2D eigenvalue weighted by Crippen LogP contribution is -1.99. The Bertz CT molecular complexity index is 2100. The standard InChI is InChI=1S/C35H28N6/c1-5-26(22(2)16-24(4)40-32-8-12-36-18-28(32)29-19-37-13-9-33(29)40)27-7-6-25(17-23(27)3)41-34-10-14-38-20-30(34)31-21-39-15-11-35(31)41/h5-21H,4H2,1-3H3/b22-16-,26-5+. The zero-order valence-corrected chi connectivity index (χ0v) is 23.2. The highest BCUT2D eigenvalue weighted by atomic mass is 15.0. The van der Waals surface area contributed by atoms with Gasteiger partial charge in [-0.1, -0.05) is 18.7 Å². The van der Waals surface area contributed by atoms with Crippen LogP contribution < -0.4 is 0 Å². The molecule has 6 heterocycles. The van der Waals surface area contributed by atoms with Gasteiger partial charge in [-0.05, 0) is 85.5 Å². The van der Waals surface area contributed by atoms with E-state index in [-0.39, 0.29) is 0 Å². The van der Waals surface area contributed by atoms with Crippen LogP contribution in [0.5, 0.6) is 0 Å². The highest BCUT2D eigenvalue weighted by molar-refractivity contribution is 6.10. The lowest BCUT2D eigenvalue weighted by atomic mass is 9.94. The van der Waals surface area contributed by atoms with E-state index in [9.17, 15) is 0 Å². The van der Waals surface area contributed by atoms with Crippen LogP contribution >= 0.6 is 0 Å². The highest BCUT2D eigenvalue weighted by Crippen LogP contribution is 2.35. The van der Waals surface area contributed by atoms with E-state index in [1.807, 2.05) is 61.7 Å². The monoisotopic (exact) mass is 532 g/mol. The number of allylic oxidation sites excluding steroid dienone is 5. The summed E-state index contributed by atoms with van der Waals surface area (Å²) in [5.41, 5.74) is 11.1. The fourth-order valence-corrected chi connectivity index (χ4v) is 6.08. The zero-order valence-electron chi connectivity index (χ0n) is 23.2. The first-order chi connectivity index (χ1) is 20.1. The normalized spacial score (nSPS) is 12.7. The van der Waals surface area contributed by atoms with Crippen molar-refractivity contribution in [3.05, 3.63) is 127 Å². The van der Waals surface area contributed by atoms with Crippen molar-refractivity contribution in [2.75, 3.05) is 0 Å². The van der Waals surface area contributed by atoms with Gasteiger partial charge in [0.2, 0.25) is 0 Å². The van der Waals surface area contributed by atoms with Gasteiger partial charge in [-0.15, -0.1) is 0 Å². The van der Waals surface area contributed by atoms with Crippen molar-refractivity contribution in [2.45, 2.75) is 20.8 Å². The summed E-state index contributed by atoms with van der Waals surface area (Å²) in [6, 6.07) is 14.9. The van der Waals surface area contributed by atoms with Crippen LogP contribution in [0, 0.1) is 6.92 Å². The number of rotatable bonds is 5. The minimum atomic E-state index is 0.890. The third-order valence-electron chi connectivity index (χ3n) is 7.88. The van der Waals surface area contributed by atoms with Gasteiger partial charge in [0.25, 0.3) is 0 Å². The average molecular weight is 533 g/mol. The van der Waals surface area contributed by atoms with Crippen LogP contribution in [0.25, 0.3) is 60.6 Å². The highest BCUT2D eigenvalue weighted by Gasteiger charge is 2.16. The summed E-state index contributed by atoms with van der Waals surface area (Å²) in [6.07, 6.45) is 19.3. The molecule has 0 unspecified atom stereocenters. The first kappa shape index (κ1) is 24.7. The molecule has 41 heavy (non-hydrogen) atoms. The Morgan fingerprint density at radius 1 is 0.707 bits per heavy atom. The molecule has 0 atom stereocenters. The van der Waals surface area contributed by atoms with E-state index in [1.165, 1.54) is 16.7 Å². The maximum atomic E-state index is 4.48. The molecule has 0 aliphatic rings. The topological polar surface area (TPSA) is 61.4 Å². The molecule has 0 bridgehead atoms. The second-order valence-corrected chi connectivity index (χ2v) is 10.3. The van der Waals surface area contributed by atoms with Crippen molar-refractivity contribution in [3.63, 3.8) is 0 Å². The lowest BCUT2D eigenvalue weighted by molar-refractivity contribution is 1.16. The summed E-state index contributed by atoms with van der Waals surface area (Å²) < 4.78 is 4.48. The molecule has 1 aromatic carbocycles. The quantitative estimate of drug-likeness (QED) is 0.209. The SMILES string of the molecule is C=C(/C=C(C)\C(=C/C)c1ccc(-n2c3ccncc3c3cnccc32)cc1C)n1c2ccncc2c2cnccc21. The van der Waals surface area contributed by atoms with Crippen LogP contribution in [0.15, 0.2) is 116 Å². The molecule has 0 N–H and O–H groups in total. The molecular weight excluding hydrogens is 504 g/mol. The van der Waals surface area contributed by atoms with Crippen molar-refractivity contribution in [1.82, 2.24) is 29.1 Å². The van der Waals surface area contributed by atoms with Gasteiger partial charge in [0.1, 0.15) is 0 Å². The summed E-state index contributed by atoms with van der Waals surface area (Å²) >= 11 is 0. The number of aryl methyl sites for hydroxylation is 1. The van der Waals surface area contributed by atoms with Crippen LogP contribution in [0.3, 0.4) is 0 Å². The van der Waals surface area contributed by atoms with Gasteiger partial charge in [0.05, 0.1) is 22.1 Å². The Hall–Kier alpha value is -5.36. The molecule has 0 aliphatic heterocycles. The first-order valence-corrected chi connectivity index (χ1v) is 13.6. The van der Waals surface area contributed by atoms with Crippen LogP contribution in [0.4, 0.5) is 0 Å². The van der Waals surface area contributed by atoms with Crippen LogP contribution in [0.2, 0.25) is 0 Å². The maximum absolute atomic E-state index is 4.48. The predicted molar refractivity (Wildman–Crippen MR) is 169 cm³/mol. The Labute approximate surface area is 237 Å². The van der Waals surface area contributed by atoms with Crippen molar-refractivity contribution < 1.29 is 0 Å². The smallest absolute Gasteiger partial charge is 0.0572 e. The summed E-state index contributed by atoms with van der Waals surface area (Å²) in [5, 5.41) is 4.33. The molecule has 6 aromatic heterocycles. The Morgan fingerprint density at radius 2 is 1.20 bits per heavy atom. The van der Waals surface area contributed by atoms with E-state index < -0.39 is 0 Å². The summed E-state index contributed by atoms with van der Waals surface area (Å²) in [5.74, 6) is 0. The van der Waals surface area contributed by atoms with Crippen LogP contribution in [0.1, 0.15) is 25.0 Å². The molecule has 0 spiro atoms. The van der Waals surface area contributed by atoms with Crippen LogP contribution in [-0.2, 0) is 0 Å². The molecule has 6 nitrogen and oxygen atoms in total. The molecule has 0 saturated carbocycles. The fourth-order valence-electron chi connectivity index (χ4n) is 6.08. The maximum Gasteiger partial charge on any atom is 0.0572 e. The third-order valence-corrected chi connectivity index (χ3v) is 7.88. The Morgan fingerprint density at radius 3 is 1.68 bits per heavy atom. The van der Waals surface area contributed by atoms with Crippen LogP contribution in [-0.4, -0.2) is 29.1 Å². The Balaban J connectivity index is 1.30. The number of aromatic nitrogens is 6. The molecule has 0 radical (unpaired) electrons. The van der Waals surface area contributed by atoms with E-state index >= 15 is 0 Å². The van der Waals surface area contributed by atoms with Gasteiger partial charge in [-0.3, -0.25) is 19.9 Å². The van der Waals surface area contributed by atoms with E-state index in [4.69, 9.17) is 0 Å². The van der Waals surface area contributed by atoms with E-state index in [0.717, 1.165) is 60.6 Å². The number of hydrogen-bond acceptors (Lipinski definition) is 4. The number of benzene rings is 1. The van der Waals surface area contributed by atoms with E-state index in [0.29, 0.717) is 0 Å². The largest absolute Gasteiger partial charge is 0.310 e. The number of hydrogen-bond donors (Lipinski definition) is 0. The zero-order chi connectivity index (χ0) is 28.1. The summed E-state index contributed by atoms with van der Waals surface area (Å²) in [6.45, 7) is 10.9. The van der Waals surface area contributed by atoms with E-state index in [1.54, 1.807) is 0 Å². The number of fused-ring (bicyclic) bond motifs is 6. The Kier molecular flexibility index (Phi) is 5.82. The minimum Gasteiger partial charge on any atom is -0.310 e. The fraction of sp³-hybridized carbons (Fsp3) is 0.0857. The lowest BCUT2D eigenvalue weighted by Gasteiger charge is -2.16.